The van der Waals surface area contributed by atoms with Crippen LogP contribution in [0.3, 0.4) is 0 Å². The summed E-state index contributed by atoms with van der Waals surface area (Å²) in [6.45, 7) is 4.00. The van der Waals surface area contributed by atoms with Crippen LogP contribution in [0, 0.1) is 6.92 Å². The van der Waals surface area contributed by atoms with Crippen LogP contribution in [0.25, 0.3) is 11.3 Å². The molecule has 0 bridgehead atoms. The highest BCUT2D eigenvalue weighted by atomic mass is 35.5. The number of hydrogen-bond donors (Lipinski definition) is 1. The normalized spacial score (nSPS) is 10.5. The van der Waals surface area contributed by atoms with Crippen LogP contribution >= 0.6 is 11.6 Å². The van der Waals surface area contributed by atoms with E-state index in [2.05, 4.69) is 9.97 Å². The zero-order chi connectivity index (χ0) is 12.4. The van der Waals surface area contributed by atoms with Crippen molar-refractivity contribution in [2.75, 3.05) is 5.73 Å². The van der Waals surface area contributed by atoms with Gasteiger partial charge in [0.1, 0.15) is 0 Å². The van der Waals surface area contributed by atoms with Gasteiger partial charge >= 0.3 is 0 Å². The lowest BCUT2D eigenvalue weighted by atomic mass is 10.1. The fourth-order valence-corrected chi connectivity index (χ4v) is 1.91. The number of benzene rings is 1. The monoisotopic (exact) mass is 247 g/mol. The SMILES string of the molecule is CCc1cc(-c2cccc(C)c2Cl)nc(N)n1. The van der Waals surface area contributed by atoms with Crippen molar-refractivity contribution in [3.05, 3.63) is 40.5 Å². The van der Waals surface area contributed by atoms with Gasteiger partial charge in [-0.25, -0.2) is 9.97 Å². The van der Waals surface area contributed by atoms with Crippen molar-refractivity contribution in [3.63, 3.8) is 0 Å². The first-order valence-electron chi connectivity index (χ1n) is 5.50. The second kappa shape index (κ2) is 4.72. The lowest BCUT2D eigenvalue weighted by Gasteiger charge is -2.08. The third kappa shape index (κ3) is 2.39. The quantitative estimate of drug-likeness (QED) is 0.886. The van der Waals surface area contributed by atoms with Crippen LogP contribution in [0.1, 0.15) is 18.2 Å². The van der Waals surface area contributed by atoms with Crippen LogP contribution in [0.15, 0.2) is 24.3 Å². The summed E-state index contributed by atoms with van der Waals surface area (Å²) in [4.78, 5) is 8.39. The number of aryl methyl sites for hydroxylation is 2. The van der Waals surface area contributed by atoms with E-state index in [0.717, 1.165) is 28.9 Å². The smallest absolute Gasteiger partial charge is 0.220 e. The molecule has 4 heteroatoms. The van der Waals surface area contributed by atoms with Gasteiger partial charge < -0.3 is 5.73 Å². The summed E-state index contributed by atoms with van der Waals surface area (Å²) in [7, 11) is 0. The van der Waals surface area contributed by atoms with Gasteiger partial charge in [0.05, 0.1) is 10.7 Å². The predicted molar refractivity (Wildman–Crippen MR) is 71.0 cm³/mol. The molecular formula is C13H14ClN3. The fourth-order valence-electron chi connectivity index (χ4n) is 1.68. The Bertz CT molecular complexity index is 552. The number of nitrogens with zero attached hydrogens (tertiary/aromatic N) is 2. The standard InChI is InChI=1S/C13H14ClN3/c1-3-9-7-11(17-13(15)16-9)10-6-4-5-8(2)12(10)14/h4-7H,3H2,1-2H3,(H2,15,16,17). The number of aromatic nitrogens is 2. The molecule has 0 aliphatic rings. The van der Waals surface area contributed by atoms with Crippen molar-refractivity contribution in [2.24, 2.45) is 0 Å². The van der Waals surface area contributed by atoms with Crippen LogP contribution in [0.2, 0.25) is 5.02 Å². The molecule has 0 fully saturated rings. The van der Waals surface area contributed by atoms with Crippen LogP contribution < -0.4 is 5.73 Å². The molecule has 2 aromatic rings. The van der Waals surface area contributed by atoms with Crippen LogP contribution in [-0.4, -0.2) is 9.97 Å². The van der Waals surface area contributed by atoms with Crippen LogP contribution in [0.5, 0.6) is 0 Å². The van der Waals surface area contributed by atoms with E-state index in [1.165, 1.54) is 0 Å². The number of halogens is 1. The van der Waals surface area contributed by atoms with Gasteiger partial charge in [-0.2, -0.15) is 0 Å². The summed E-state index contributed by atoms with van der Waals surface area (Å²) < 4.78 is 0. The molecule has 0 amide bonds. The molecule has 0 aliphatic carbocycles. The average Bonchev–Trinajstić information content (AvgIpc) is 2.31. The number of hydrogen-bond acceptors (Lipinski definition) is 3. The molecule has 88 valence electrons. The van der Waals surface area contributed by atoms with Crippen molar-refractivity contribution in [2.45, 2.75) is 20.3 Å². The second-order valence-corrected chi connectivity index (χ2v) is 4.27. The highest BCUT2D eigenvalue weighted by Crippen LogP contribution is 2.29. The van der Waals surface area contributed by atoms with Crippen LogP contribution in [-0.2, 0) is 6.42 Å². The largest absolute Gasteiger partial charge is 0.368 e. The Labute approximate surface area is 106 Å². The first-order valence-corrected chi connectivity index (χ1v) is 5.88. The first-order chi connectivity index (χ1) is 8.11. The maximum atomic E-state index is 6.27. The van der Waals surface area contributed by atoms with Gasteiger partial charge in [-0.1, -0.05) is 36.7 Å². The Balaban J connectivity index is 2.60. The van der Waals surface area contributed by atoms with Crippen molar-refractivity contribution in [1.82, 2.24) is 9.97 Å². The van der Waals surface area contributed by atoms with Crippen molar-refractivity contribution in [3.8, 4) is 11.3 Å². The molecule has 1 heterocycles. The molecule has 2 rings (SSSR count). The third-order valence-corrected chi connectivity index (χ3v) is 3.13. The molecule has 17 heavy (non-hydrogen) atoms. The summed E-state index contributed by atoms with van der Waals surface area (Å²) in [5.41, 5.74) is 9.32. The lowest BCUT2D eigenvalue weighted by Crippen LogP contribution is -2.00. The zero-order valence-electron chi connectivity index (χ0n) is 9.87. The molecular weight excluding hydrogens is 234 g/mol. The number of nitrogen functional groups attached to an aromatic ring is 1. The molecule has 0 radical (unpaired) electrons. The Morgan fingerprint density at radius 2 is 2.06 bits per heavy atom. The molecule has 3 nitrogen and oxygen atoms in total. The van der Waals surface area contributed by atoms with Gasteiger partial charge in [-0.05, 0) is 25.0 Å². The van der Waals surface area contributed by atoms with Crippen molar-refractivity contribution >= 4 is 17.5 Å². The van der Waals surface area contributed by atoms with Gasteiger partial charge in [0.25, 0.3) is 0 Å². The highest BCUT2D eigenvalue weighted by Gasteiger charge is 2.09. The third-order valence-electron chi connectivity index (χ3n) is 2.63. The van der Waals surface area contributed by atoms with E-state index in [4.69, 9.17) is 17.3 Å². The van der Waals surface area contributed by atoms with E-state index in [9.17, 15) is 0 Å². The number of anilines is 1. The molecule has 0 atom stereocenters. The molecule has 1 aromatic heterocycles. The van der Waals surface area contributed by atoms with Gasteiger partial charge in [-0.15, -0.1) is 0 Å². The second-order valence-electron chi connectivity index (χ2n) is 3.89. The topological polar surface area (TPSA) is 51.8 Å². The Morgan fingerprint density at radius 3 is 2.76 bits per heavy atom. The fraction of sp³-hybridized carbons (Fsp3) is 0.231. The minimum absolute atomic E-state index is 0.289. The number of nitrogens with two attached hydrogens (primary N) is 1. The summed E-state index contributed by atoms with van der Waals surface area (Å²) in [6.07, 6.45) is 0.823. The Hall–Kier alpha value is -1.61. The molecule has 0 spiro atoms. The first kappa shape index (κ1) is 11.9. The Kier molecular flexibility index (Phi) is 3.29. The molecule has 0 unspecified atom stereocenters. The van der Waals surface area contributed by atoms with E-state index in [1.807, 2.05) is 38.1 Å². The average molecular weight is 248 g/mol. The summed E-state index contributed by atoms with van der Waals surface area (Å²) in [6, 6.07) is 7.80. The van der Waals surface area contributed by atoms with E-state index in [0.29, 0.717) is 5.02 Å². The maximum absolute atomic E-state index is 6.27. The van der Waals surface area contributed by atoms with Crippen molar-refractivity contribution < 1.29 is 0 Å². The van der Waals surface area contributed by atoms with Gasteiger partial charge in [0.2, 0.25) is 5.95 Å². The van der Waals surface area contributed by atoms with Gasteiger partial charge in [0, 0.05) is 11.3 Å². The molecule has 0 saturated heterocycles. The van der Waals surface area contributed by atoms with E-state index in [-0.39, 0.29) is 5.95 Å². The molecule has 0 saturated carbocycles. The zero-order valence-corrected chi connectivity index (χ0v) is 10.6. The van der Waals surface area contributed by atoms with Gasteiger partial charge in [0.15, 0.2) is 0 Å². The Morgan fingerprint density at radius 1 is 1.29 bits per heavy atom. The van der Waals surface area contributed by atoms with E-state index in [1.54, 1.807) is 0 Å². The molecule has 0 aliphatic heterocycles. The summed E-state index contributed by atoms with van der Waals surface area (Å²) in [5.74, 6) is 0.289. The minimum Gasteiger partial charge on any atom is -0.368 e. The predicted octanol–water partition coefficient (Wildman–Crippen LogP) is 3.25. The summed E-state index contributed by atoms with van der Waals surface area (Å²) in [5, 5.41) is 0.715. The lowest BCUT2D eigenvalue weighted by molar-refractivity contribution is 1.01. The molecule has 1 aromatic carbocycles. The highest BCUT2D eigenvalue weighted by molar-refractivity contribution is 6.34. The van der Waals surface area contributed by atoms with Gasteiger partial charge in [-0.3, -0.25) is 0 Å². The van der Waals surface area contributed by atoms with E-state index >= 15 is 0 Å². The van der Waals surface area contributed by atoms with Crippen molar-refractivity contribution in [1.29, 1.82) is 0 Å². The van der Waals surface area contributed by atoms with Crippen LogP contribution in [0.4, 0.5) is 5.95 Å². The van der Waals surface area contributed by atoms with E-state index < -0.39 is 0 Å². The maximum Gasteiger partial charge on any atom is 0.220 e. The summed E-state index contributed by atoms with van der Waals surface area (Å²) >= 11 is 6.27. The molecule has 2 N–H and O–H groups in total. The number of rotatable bonds is 2. The minimum atomic E-state index is 0.289.